The maximum absolute atomic E-state index is 13.9. The molecule has 0 unspecified atom stereocenters. The number of aliphatic hydroxyl groups is 2. The molecule has 0 amide bonds. The summed E-state index contributed by atoms with van der Waals surface area (Å²) in [6.07, 6.45) is -2.20. The second-order valence-electron chi connectivity index (χ2n) is 11.9. The second kappa shape index (κ2) is 10.5. The smallest absolute Gasteiger partial charge is 0.354 e. The summed E-state index contributed by atoms with van der Waals surface area (Å²) in [5.74, 6) is -9.88. The molecule has 0 aromatic heterocycles. The van der Waals surface area contributed by atoms with E-state index in [4.69, 9.17) is 23.7 Å². The Kier molecular flexibility index (Phi) is 7.04. The number of rotatable bonds is 4. The summed E-state index contributed by atoms with van der Waals surface area (Å²) < 4.78 is 27.1. The minimum atomic E-state index is -2.35. The van der Waals surface area contributed by atoms with Crippen LogP contribution in [0.1, 0.15) is 47.4 Å². The van der Waals surface area contributed by atoms with Crippen molar-refractivity contribution >= 4 is 29.5 Å². The van der Waals surface area contributed by atoms with Crippen LogP contribution in [0.15, 0.2) is 36.1 Å². The molecule has 7 atom stereocenters. The summed E-state index contributed by atoms with van der Waals surface area (Å²) in [4.78, 5) is 65.5. The highest BCUT2D eigenvalue weighted by Gasteiger charge is 2.66. The monoisotopic (exact) mass is 638 g/mol. The number of esters is 3. The molecule has 6 rings (SSSR count). The molecule has 0 bridgehead atoms. The van der Waals surface area contributed by atoms with E-state index in [1.807, 2.05) is 0 Å². The number of methoxy groups -OCH3 is 2. The molecule has 46 heavy (non-hydrogen) atoms. The molecule has 1 aliphatic carbocycles. The Hall–Kier alpha value is -5.11. The molecule has 14 heteroatoms. The lowest BCUT2D eigenvalue weighted by molar-refractivity contribution is -0.182. The van der Waals surface area contributed by atoms with Gasteiger partial charge < -0.3 is 44.1 Å². The van der Waals surface area contributed by atoms with Crippen molar-refractivity contribution in [3.05, 3.63) is 47.2 Å². The molecule has 2 aromatic carbocycles. The summed E-state index contributed by atoms with van der Waals surface area (Å²) in [6.45, 7) is 3.17. The number of ketones is 2. The van der Waals surface area contributed by atoms with Crippen molar-refractivity contribution in [1.82, 2.24) is 0 Å². The van der Waals surface area contributed by atoms with Crippen LogP contribution in [0.25, 0.3) is 11.1 Å². The van der Waals surface area contributed by atoms with Crippen molar-refractivity contribution in [2.75, 3.05) is 14.2 Å². The number of Topliss-reactive ketones (excluding diaryl/α,β-unsaturated/α-hetero) is 2. The van der Waals surface area contributed by atoms with Gasteiger partial charge >= 0.3 is 17.9 Å². The molecule has 3 aliphatic heterocycles. The number of cyclic esters (lactones) is 1. The molecule has 0 spiro atoms. The minimum Gasteiger partial charge on any atom is -0.512 e. The number of carbonyl (C=O) groups excluding carboxylic acids is 5. The highest BCUT2D eigenvalue weighted by atomic mass is 16.6. The van der Waals surface area contributed by atoms with Gasteiger partial charge in [0.1, 0.15) is 51.9 Å². The van der Waals surface area contributed by atoms with Crippen molar-refractivity contribution in [2.45, 2.75) is 50.1 Å². The molecule has 1 saturated heterocycles. The predicted molar refractivity (Wildman–Crippen MR) is 152 cm³/mol. The Bertz CT molecular complexity index is 1760. The fraction of sp³-hybridized carbons (Fsp3) is 0.406. The predicted octanol–water partition coefficient (Wildman–Crippen LogP) is 2.15. The van der Waals surface area contributed by atoms with Crippen molar-refractivity contribution in [2.24, 2.45) is 17.8 Å². The van der Waals surface area contributed by atoms with Crippen molar-refractivity contribution in [3.8, 4) is 34.1 Å². The summed E-state index contributed by atoms with van der Waals surface area (Å²) in [5, 5.41) is 44.6. The van der Waals surface area contributed by atoms with Gasteiger partial charge in [-0.05, 0) is 30.3 Å². The number of hydrogen-bond donors (Lipinski definition) is 4. The van der Waals surface area contributed by atoms with E-state index >= 15 is 0 Å². The molecule has 1 fully saturated rings. The van der Waals surface area contributed by atoms with E-state index in [9.17, 15) is 44.4 Å². The summed E-state index contributed by atoms with van der Waals surface area (Å²) in [6, 6.07) is 5.03. The molecular weight excluding hydrogens is 608 g/mol. The lowest BCUT2D eigenvalue weighted by Crippen LogP contribution is -2.67. The Balaban J connectivity index is 1.45. The van der Waals surface area contributed by atoms with Gasteiger partial charge in [-0.1, -0.05) is 13.8 Å². The first kappa shape index (κ1) is 30.9. The normalized spacial score (nSPS) is 31.3. The van der Waals surface area contributed by atoms with E-state index in [0.29, 0.717) is 0 Å². The summed E-state index contributed by atoms with van der Waals surface area (Å²) >= 11 is 0. The van der Waals surface area contributed by atoms with Crippen LogP contribution in [0.4, 0.5) is 0 Å². The van der Waals surface area contributed by atoms with Gasteiger partial charge in [0.25, 0.3) is 0 Å². The highest BCUT2D eigenvalue weighted by Crippen LogP contribution is 2.53. The van der Waals surface area contributed by atoms with Crippen LogP contribution >= 0.6 is 0 Å². The first-order chi connectivity index (χ1) is 21.7. The van der Waals surface area contributed by atoms with Gasteiger partial charge in [0.15, 0.2) is 17.7 Å². The van der Waals surface area contributed by atoms with Crippen molar-refractivity contribution in [1.29, 1.82) is 0 Å². The van der Waals surface area contributed by atoms with E-state index in [0.717, 1.165) is 14.2 Å². The number of hydrogen-bond acceptors (Lipinski definition) is 14. The highest BCUT2D eigenvalue weighted by molar-refractivity contribution is 6.12. The molecule has 3 heterocycles. The molecule has 2 aromatic rings. The quantitative estimate of drug-likeness (QED) is 0.279. The van der Waals surface area contributed by atoms with Crippen LogP contribution in [0.2, 0.25) is 0 Å². The van der Waals surface area contributed by atoms with Gasteiger partial charge in [-0.15, -0.1) is 0 Å². The van der Waals surface area contributed by atoms with Gasteiger partial charge in [0.05, 0.1) is 27.1 Å². The summed E-state index contributed by atoms with van der Waals surface area (Å²) in [5.41, 5.74) is -5.39. The zero-order valence-electron chi connectivity index (χ0n) is 25.1. The average molecular weight is 639 g/mol. The zero-order chi connectivity index (χ0) is 33.5. The van der Waals surface area contributed by atoms with E-state index in [2.05, 4.69) is 0 Å². The van der Waals surface area contributed by atoms with Crippen LogP contribution in [0.5, 0.6) is 23.0 Å². The Morgan fingerprint density at radius 1 is 0.870 bits per heavy atom. The fourth-order valence-corrected chi connectivity index (χ4v) is 7.06. The SMILES string of the molecule is COC(=O)[C@]12Oc3ccc(-c4ccc5c(c4O)C(=O)C[C@@](C(=O)OC)([C@@H]4OC(=O)C[C@H]4C)O5)c(O)c3C(=O)[C@H]1C(O)=C[C@@H](C)[C@H]2O. The van der Waals surface area contributed by atoms with Crippen molar-refractivity contribution < 1.29 is 68.1 Å². The minimum absolute atomic E-state index is 0.00873. The Morgan fingerprint density at radius 2 is 1.46 bits per heavy atom. The number of fused-ring (bicyclic) bond motifs is 3. The molecule has 4 aliphatic rings. The fourth-order valence-electron chi connectivity index (χ4n) is 7.06. The Morgan fingerprint density at radius 3 is 2.02 bits per heavy atom. The third kappa shape index (κ3) is 4.02. The van der Waals surface area contributed by atoms with E-state index in [1.165, 1.54) is 37.3 Å². The third-order valence-corrected chi connectivity index (χ3v) is 9.21. The maximum Gasteiger partial charge on any atom is 0.354 e. The van der Waals surface area contributed by atoms with Crippen LogP contribution in [0.3, 0.4) is 0 Å². The zero-order valence-corrected chi connectivity index (χ0v) is 25.1. The molecular formula is C32H30O14. The topological polar surface area (TPSA) is 212 Å². The number of aromatic hydroxyl groups is 2. The van der Waals surface area contributed by atoms with Gasteiger partial charge in [-0.25, -0.2) is 9.59 Å². The van der Waals surface area contributed by atoms with Crippen LogP contribution in [-0.2, 0) is 28.6 Å². The maximum atomic E-state index is 13.9. The number of benzene rings is 2. The van der Waals surface area contributed by atoms with Crippen molar-refractivity contribution in [3.63, 3.8) is 0 Å². The molecule has 242 valence electrons. The van der Waals surface area contributed by atoms with E-state index in [-0.39, 0.29) is 34.6 Å². The third-order valence-electron chi connectivity index (χ3n) is 9.21. The van der Waals surface area contributed by atoms with Gasteiger partial charge in [-0.2, -0.15) is 0 Å². The van der Waals surface area contributed by atoms with Crippen LogP contribution < -0.4 is 9.47 Å². The first-order valence-electron chi connectivity index (χ1n) is 14.4. The molecule has 0 radical (unpaired) electrons. The van der Waals surface area contributed by atoms with E-state index in [1.54, 1.807) is 6.92 Å². The second-order valence-corrected chi connectivity index (χ2v) is 11.9. The van der Waals surface area contributed by atoms with E-state index < -0.39 is 99.9 Å². The van der Waals surface area contributed by atoms with Crippen LogP contribution in [-0.4, -0.2) is 87.5 Å². The van der Waals surface area contributed by atoms with Crippen LogP contribution in [0, 0.1) is 17.8 Å². The number of phenols is 2. The molecule has 4 N–H and O–H groups in total. The number of carbonyl (C=O) groups is 5. The number of aliphatic hydroxyl groups excluding tert-OH is 2. The summed E-state index contributed by atoms with van der Waals surface area (Å²) in [7, 11) is 2.13. The van der Waals surface area contributed by atoms with Gasteiger partial charge in [-0.3, -0.25) is 14.4 Å². The lowest BCUT2D eigenvalue weighted by atomic mass is 9.67. The Labute approximate surface area is 261 Å². The largest absolute Gasteiger partial charge is 0.512 e. The number of phenolic OH excluding ortho intramolecular Hbond substituents is 2. The average Bonchev–Trinajstić information content (AvgIpc) is 3.36. The first-order valence-corrected chi connectivity index (χ1v) is 14.4. The van der Waals surface area contributed by atoms with Gasteiger partial charge in [0.2, 0.25) is 11.2 Å². The standard InChI is InChI=1S/C32H30O14/c1-12-9-16(33)23-26(38)22-19(46-32(23,27(12)39)30(41)43-4)8-6-15(25(22)37)14-5-7-18-21(24(14)36)17(34)11-31(45-18,29(40)42-3)28-13(2)10-20(35)44-28/h5-9,12-13,23,27-28,33,36-37,39H,10-11H2,1-4H3/t12-,13-,23-,27-,28-,31+,32+/m1/s1. The lowest BCUT2D eigenvalue weighted by Gasteiger charge is -2.47. The number of ether oxygens (including phenoxy) is 5. The molecule has 14 nitrogen and oxygen atoms in total. The van der Waals surface area contributed by atoms with Gasteiger partial charge in [0, 0.05) is 23.0 Å². The molecule has 0 saturated carbocycles.